The van der Waals surface area contributed by atoms with E-state index >= 15 is 0 Å². The van der Waals surface area contributed by atoms with Crippen molar-refractivity contribution in [2.75, 3.05) is 6.54 Å². The number of nitrogens with zero attached hydrogens (tertiary/aromatic N) is 2. The molecule has 0 radical (unpaired) electrons. The van der Waals surface area contributed by atoms with Crippen LogP contribution in [0.15, 0.2) is 53.7 Å². The van der Waals surface area contributed by atoms with Crippen molar-refractivity contribution in [1.29, 1.82) is 0 Å². The zero-order valence-corrected chi connectivity index (χ0v) is 14.0. The van der Waals surface area contributed by atoms with Crippen LogP contribution in [0.3, 0.4) is 0 Å². The van der Waals surface area contributed by atoms with Gasteiger partial charge in [0, 0.05) is 31.4 Å². The minimum absolute atomic E-state index is 0.294. The fourth-order valence-corrected chi connectivity index (χ4v) is 3.65. The van der Waals surface area contributed by atoms with E-state index in [1.807, 2.05) is 36.9 Å². The van der Waals surface area contributed by atoms with E-state index in [-0.39, 0.29) is 0 Å². The van der Waals surface area contributed by atoms with Gasteiger partial charge in [-0.2, -0.15) is 0 Å². The Balaban J connectivity index is 1.72. The molecule has 3 aromatic rings. The Bertz CT molecular complexity index is 928. The molecule has 1 N–H and O–H groups in total. The third-order valence-electron chi connectivity index (χ3n) is 3.83. The summed E-state index contributed by atoms with van der Waals surface area (Å²) in [6.45, 7) is 2.28. The molecule has 0 bridgehead atoms. The largest absolute Gasteiger partial charge is 0.335 e. The Kier molecular flexibility index (Phi) is 4.19. The number of aromatic nitrogens is 2. The number of nitrogens with one attached hydrogen (secondary N) is 1. The van der Waals surface area contributed by atoms with Gasteiger partial charge in [0.05, 0.1) is 4.90 Å². The van der Waals surface area contributed by atoms with E-state index in [2.05, 4.69) is 9.71 Å². The summed E-state index contributed by atoms with van der Waals surface area (Å²) in [4.78, 5) is 4.63. The van der Waals surface area contributed by atoms with Crippen LogP contribution in [0.1, 0.15) is 11.1 Å². The molecule has 1 aromatic carbocycles. The number of sulfonamides is 1. The lowest BCUT2D eigenvalue weighted by atomic mass is 10.2. The monoisotopic (exact) mass is 329 g/mol. The Labute approximate surface area is 136 Å². The van der Waals surface area contributed by atoms with Crippen molar-refractivity contribution in [2.45, 2.75) is 18.2 Å². The molecule has 23 heavy (non-hydrogen) atoms. The van der Waals surface area contributed by atoms with Crippen molar-refractivity contribution >= 4 is 21.1 Å². The summed E-state index contributed by atoms with van der Waals surface area (Å²) in [5, 5.41) is 1.06. The molecule has 6 heteroatoms. The van der Waals surface area contributed by atoms with E-state index in [1.54, 1.807) is 30.5 Å². The van der Waals surface area contributed by atoms with Gasteiger partial charge >= 0.3 is 0 Å². The summed E-state index contributed by atoms with van der Waals surface area (Å²) in [7, 11) is -1.53. The summed E-state index contributed by atoms with van der Waals surface area (Å²) >= 11 is 0. The number of hydrogen-bond donors (Lipinski definition) is 1. The normalized spacial score (nSPS) is 11.9. The molecule has 5 nitrogen and oxygen atoms in total. The summed E-state index contributed by atoms with van der Waals surface area (Å²) in [5.41, 5.74) is 3.03. The SMILES string of the molecule is Cc1ccc(S(=O)(=O)NCCc2cn(C)c3ncccc23)cc1. The third-order valence-corrected chi connectivity index (χ3v) is 5.31. The van der Waals surface area contributed by atoms with Gasteiger partial charge in [0.15, 0.2) is 0 Å². The lowest BCUT2D eigenvalue weighted by molar-refractivity contribution is 0.581. The first-order chi connectivity index (χ1) is 11.0. The molecular weight excluding hydrogens is 310 g/mol. The van der Waals surface area contributed by atoms with Gasteiger partial charge in [-0.1, -0.05) is 17.7 Å². The molecule has 0 aliphatic rings. The summed E-state index contributed by atoms with van der Waals surface area (Å²) < 4.78 is 29.2. The van der Waals surface area contributed by atoms with Gasteiger partial charge in [-0.3, -0.25) is 0 Å². The highest BCUT2D eigenvalue weighted by molar-refractivity contribution is 7.89. The van der Waals surface area contributed by atoms with Crippen molar-refractivity contribution in [3.8, 4) is 0 Å². The highest BCUT2D eigenvalue weighted by Gasteiger charge is 2.14. The Morgan fingerprint density at radius 1 is 1.17 bits per heavy atom. The highest BCUT2D eigenvalue weighted by Crippen LogP contribution is 2.18. The Hall–Kier alpha value is -2.18. The molecule has 0 atom stereocenters. The number of hydrogen-bond acceptors (Lipinski definition) is 3. The molecule has 0 fully saturated rings. The first-order valence-electron chi connectivity index (χ1n) is 7.42. The van der Waals surface area contributed by atoms with Gasteiger partial charge in [0.2, 0.25) is 10.0 Å². The molecule has 2 heterocycles. The van der Waals surface area contributed by atoms with Gasteiger partial charge in [0.1, 0.15) is 5.65 Å². The molecule has 0 saturated carbocycles. The maximum absolute atomic E-state index is 12.3. The minimum Gasteiger partial charge on any atom is -0.335 e. The van der Waals surface area contributed by atoms with Crippen LogP contribution >= 0.6 is 0 Å². The van der Waals surface area contributed by atoms with E-state index in [1.165, 1.54) is 0 Å². The predicted molar refractivity (Wildman–Crippen MR) is 90.8 cm³/mol. The van der Waals surface area contributed by atoms with Crippen LogP contribution in [-0.2, 0) is 23.5 Å². The third kappa shape index (κ3) is 3.28. The van der Waals surface area contributed by atoms with E-state index in [0.717, 1.165) is 22.2 Å². The fourth-order valence-electron chi connectivity index (χ4n) is 2.61. The van der Waals surface area contributed by atoms with Gasteiger partial charge in [-0.25, -0.2) is 18.1 Å². The fraction of sp³-hybridized carbons (Fsp3) is 0.235. The Morgan fingerprint density at radius 2 is 1.91 bits per heavy atom. The lowest BCUT2D eigenvalue weighted by Crippen LogP contribution is -2.25. The van der Waals surface area contributed by atoms with Crippen LogP contribution < -0.4 is 4.72 Å². The number of aryl methyl sites for hydroxylation is 2. The lowest BCUT2D eigenvalue weighted by Gasteiger charge is -2.06. The van der Waals surface area contributed by atoms with Crippen molar-refractivity contribution in [3.63, 3.8) is 0 Å². The molecule has 0 spiro atoms. The van der Waals surface area contributed by atoms with Crippen LogP contribution in [-0.4, -0.2) is 24.5 Å². The van der Waals surface area contributed by atoms with Crippen molar-refractivity contribution in [2.24, 2.45) is 7.05 Å². The van der Waals surface area contributed by atoms with Gasteiger partial charge in [-0.15, -0.1) is 0 Å². The molecule has 0 unspecified atom stereocenters. The maximum Gasteiger partial charge on any atom is 0.240 e. The smallest absolute Gasteiger partial charge is 0.240 e. The first kappa shape index (κ1) is 15.7. The standard InChI is InChI=1S/C17H19N3O2S/c1-13-5-7-15(8-6-13)23(21,22)19-11-9-14-12-20(2)17-16(14)4-3-10-18-17/h3-8,10,12,19H,9,11H2,1-2H3. The van der Waals surface area contributed by atoms with Crippen LogP contribution in [0.5, 0.6) is 0 Å². The minimum atomic E-state index is -3.47. The van der Waals surface area contributed by atoms with Crippen LogP contribution in [0, 0.1) is 6.92 Å². The number of pyridine rings is 1. The van der Waals surface area contributed by atoms with Gasteiger partial charge in [-0.05, 0) is 43.2 Å². The molecule has 0 aliphatic heterocycles. The zero-order chi connectivity index (χ0) is 16.4. The molecule has 120 valence electrons. The molecule has 2 aromatic heterocycles. The number of benzene rings is 1. The second-order valence-electron chi connectivity index (χ2n) is 5.60. The summed E-state index contributed by atoms with van der Waals surface area (Å²) in [6, 6.07) is 10.7. The maximum atomic E-state index is 12.3. The first-order valence-corrected chi connectivity index (χ1v) is 8.91. The number of fused-ring (bicyclic) bond motifs is 1. The summed E-state index contributed by atoms with van der Waals surface area (Å²) in [5.74, 6) is 0. The van der Waals surface area contributed by atoms with E-state index in [4.69, 9.17) is 0 Å². The van der Waals surface area contributed by atoms with Crippen LogP contribution in [0.2, 0.25) is 0 Å². The quantitative estimate of drug-likeness (QED) is 0.782. The molecule has 3 rings (SSSR count). The Morgan fingerprint density at radius 3 is 2.65 bits per heavy atom. The van der Waals surface area contributed by atoms with E-state index in [0.29, 0.717) is 17.9 Å². The number of rotatable bonds is 5. The van der Waals surface area contributed by atoms with Crippen LogP contribution in [0.25, 0.3) is 11.0 Å². The predicted octanol–water partition coefficient (Wildman–Crippen LogP) is 2.40. The molecule has 0 saturated heterocycles. The van der Waals surface area contributed by atoms with Gasteiger partial charge < -0.3 is 4.57 Å². The van der Waals surface area contributed by atoms with Crippen molar-refractivity contribution in [3.05, 3.63) is 59.9 Å². The highest BCUT2D eigenvalue weighted by atomic mass is 32.2. The second-order valence-corrected chi connectivity index (χ2v) is 7.37. The molecular formula is C17H19N3O2S. The van der Waals surface area contributed by atoms with E-state index < -0.39 is 10.0 Å². The van der Waals surface area contributed by atoms with Gasteiger partial charge in [0.25, 0.3) is 0 Å². The molecule has 0 amide bonds. The average molecular weight is 329 g/mol. The molecule has 0 aliphatic carbocycles. The van der Waals surface area contributed by atoms with Crippen LogP contribution in [0.4, 0.5) is 0 Å². The van der Waals surface area contributed by atoms with E-state index in [9.17, 15) is 8.42 Å². The summed E-state index contributed by atoms with van der Waals surface area (Å²) in [6.07, 6.45) is 4.37. The zero-order valence-electron chi connectivity index (χ0n) is 13.2. The topological polar surface area (TPSA) is 64.0 Å². The van der Waals surface area contributed by atoms with Crippen molar-refractivity contribution < 1.29 is 8.42 Å². The average Bonchev–Trinajstić information content (AvgIpc) is 2.85. The van der Waals surface area contributed by atoms with Crippen molar-refractivity contribution in [1.82, 2.24) is 14.3 Å². The second kappa shape index (κ2) is 6.14.